The molecule has 14 heavy (non-hydrogen) atoms. The van der Waals surface area contributed by atoms with E-state index in [1.165, 1.54) is 25.9 Å². The molecule has 1 atom stereocenters. The maximum absolute atomic E-state index is 10.5. The molecule has 1 unspecified atom stereocenters. The van der Waals surface area contributed by atoms with Crippen molar-refractivity contribution in [2.75, 3.05) is 26.2 Å². The summed E-state index contributed by atoms with van der Waals surface area (Å²) in [5.41, 5.74) is 0. The molecule has 1 aliphatic rings. The quantitative estimate of drug-likeness (QED) is 0.614. The van der Waals surface area contributed by atoms with Gasteiger partial charge in [0.25, 0.3) is 0 Å². The maximum atomic E-state index is 10.5. The van der Waals surface area contributed by atoms with Gasteiger partial charge in [-0.15, -0.1) is 0 Å². The van der Waals surface area contributed by atoms with Crippen molar-refractivity contribution >= 4 is 5.97 Å². The van der Waals surface area contributed by atoms with Crippen molar-refractivity contribution < 1.29 is 9.90 Å². The molecule has 1 saturated heterocycles. The van der Waals surface area contributed by atoms with Gasteiger partial charge in [0.2, 0.25) is 0 Å². The van der Waals surface area contributed by atoms with Crippen LogP contribution >= 0.6 is 0 Å². The van der Waals surface area contributed by atoms with E-state index in [9.17, 15) is 4.79 Å². The number of nitrogens with one attached hydrogen (secondary N) is 1. The Morgan fingerprint density at radius 2 is 2.14 bits per heavy atom. The lowest BCUT2D eigenvalue weighted by molar-refractivity contribution is -0.138. The van der Waals surface area contributed by atoms with E-state index in [2.05, 4.69) is 10.2 Å². The van der Waals surface area contributed by atoms with Crippen molar-refractivity contribution in [3.63, 3.8) is 0 Å². The topological polar surface area (TPSA) is 52.6 Å². The molecule has 0 amide bonds. The smallest absolute Gasteiger partial charge is 0.320 e. The van der Waals surface area contributed by atoms with Crippen LogP contribution in [0.5, 0.6) is 0 Å². The molecule has 1 fully saturated rings. The molecule has 4 heteroatoms. The van der Waals surface area contributed by atoms with Crippen molar-refractivity contribution in [2.24, 2.45) is 0 Å². The molecular weight excluding hydrogens is 180 g/mol. The molecule has 4 nitrogen and oxygen atoms in total. The summed E-state index contributed by atoms with van der Waals surface area (Å²) in [5.74, 6) is -0.772. The number of carbonyl (C=O) groups is 1. The van der Waals surface area contributed by atoms with Crippen molar-refractivity contribution in [1.82, 2.24) is 10.2 Å². The van der Waals surface area contributed by atoms with Gasteiger partial charge in [0.15, 0.2) is 0 Å². The van der Waals surface area contributed by atoms with Crippen LogP contribution in [0.1, 0.15) is 26.2 Å². The molecule has 0 bridgehead atoms. The summed E-state index contributed by atoms with van der Waals surface area (Å²) in [7, 11) is 0. The number of rotatable bonds is 6. The fraction of sp³-hybridized carbons (Fsp3) is 0.900. The predicted molar refractivity (Wildman–Crippen MR) is 55.4 cm³/mol. The Balaban J connectivity index is 1.95. The first-order valence-electron chi connectivity index (χ1n) is 5.38. The van der Waals surface area contributed by atoms with Gasteiger partial charge in [-0.05, 0) is 52.4 Å². The van der Waals surface area contributed by atoms with Crippen LogP contribution in [-0.2, 0) is 4.79 Å². The van der Waals surface area contributed by atoms with Gasteiger partial charge < -0.3 is 15.3 Å². The van der Waals surface area contributed by atoms with Crippen LogP contribution < -0.4 is 5.32 Å². The minimum absolute atomic E-state index is 0.423. The van der Waals surface area contributed by atoms with Gasteiger partial charge in [-0.3, -0.25) is 4.79 Å². The average molecular weight is 200 g/mol. The van der Waals surface area contributed by atoms with E-state index in [0.717, 1.165) is 19.5 Å². The minimum atomic E-state index is -0.772. The molecular formula is C10H20N2O2. The highest BCUT2D eigenvalue weighted by atomic mass is 16.4. The summed E-state index contributed by atoms with van der Waals surface area (Å²) in [6, 6.07) is -0.423. The van der Waals surface area contributed by atoms with E-state index in [-0.39, 0.29) is 0 Å². The summed E-state index contributed by atoms with van der Waals surface area (Å²) < 4.78 is 0. The summed E-state index contributed by atoms with van der Waals surface area (Å²) in [6.07, 6.45) is 3.68. The van der Waals surface area contributed by atoms with Crippen LogP contribution in [0.2, 0.25) is 0 Å². The minimum Gasteiger partial charge on any atom is -0.480 e. The molecule has 0 saturated carbocycles. The van der Waals surface area contributed by atoms with Crippen LogP contribution in [0, 0.1) is 0 Å². The molecule has 1 rings (SSSR count). The third kappa shape index (κ3) is 4.07. The van der Waals surface area contributed by atoms with Gasteiger partial charge >= 0.3 is 5.97 Å². The zero-order valence-corrected chi connectivity index (χ0v) is 8.83. The van der Waals surface area contributed by atoms with Crippen LogP contribution in [0.15, 0.2) is 0 Å². The van der Waals surface area contributed by atoms with Crippen LogP contribution in [0.3, 0.4) is 0 Å². The fourth-order valence-corrected chi connectivity index (χ4v) is 1.71. The normalized spacial score (nSPS) is 19.8. The third-order valence-corrected chi connectivity index (χ3v) is 2.67. The van der Waals surface area contributed by atoms with Gasteiger partial charge in [0.05, 0.1) is 0 Å². The van der Waals surface area contributed by atoms with E-state index in [1.54, 1.807) is 6.92 Å². The Kier molecular flexibility index (Phi) is 4.90. The zero-order chi connectivity index (χ0) is 10.4. The first-order chi connectivity index (χ1) is 6.70. The highest BCUT2D eigenvalue weighted by Crippen LogP contribution is 2.06. The Morgan fingerprint density at radius 1 is 1.50 bits per heavy atom. The third-order valence-electron chi connectivity index (χ3n) is 2.67. The lowest BCUT2D eigenvalue weighted by atomic mass is 10.3. The Morgan fingerprint density at radius 3 is 2.71 bits per heavy atom. The number of likely N-dealkylation sites (tertiary alicyclic amines) is 1. The number of hydrogen-bond acceptors (Lipinski definition) is 3. The number of carboxylic acids is 1. The maximum Gasteiger partial charge on any atom is 0.320 e. The summed E-state index contributed by atoms with van der Waals surface area (Å²) in [5, 5.41) is 11.6. The molecule has 0 aliphatic carbocycles. The molecule has 0 spiro atoms. The van der Waals surface area contributed by atoms with Crippen molar-refractivity contribution in [1.29, 1.82) is 0 Å². The summed E-state index contributed by atoms with van der Waals surface area (Å²) in [4.78, 5) is 12.9. The molecule has 1 aliphatic heterocycles. The summed E-state index contributed by atoms with van der Waals surface area (Å²) >= 11 is 0. The van der Waals surface area contributed by atoms with Gasteiger partial charge in [0, 0.05) is 0 Å². The van der Waals surface area contributed by atoms with Crippen molar-refractivity contribution in [3.8, 4) is 0 Å². The highest BCUT2D eigenvalue weighted by Gasteiger charge is 2.11. The van der Waals surface area contributed by atoms with Gasteiger partial charge in [-0.2, -0.15) is 0 Å². The molecule has 0 aromatic carbocycles. The lowest BCUT2D eigenvalue weighted by Crippen LogP contribution is -2.35. The molecule has 2 N–H and O–H groups in total. The largest absolute Gasteiger partial charge is 0.480 e. The molecule has 82 valence electrons. The van der Waals surface area contributed by atoms with E-state index in [0.29, 0.717) is 0 Å². The molecule has 0 aromatic heterocycles. The first-order valence-corrected chi connectivity index (χ1v) is 5.38. The molecule has 0 aromatic rings. The number of aliphatic carboxylic acids is 1. The van der Waals surface area contributed by atoms with Gasteiger partial charge in [-0.25, -0.2) is 0 Å². The fourth-order valence-electron chi connectivity index (χ4n) is 1.71. The second-order valence-electron chi connectivity index (χ2n) is 3.92. The van der Waals surface area contributed by atoms with Crippen molar-refractivity contribution in [3.05, 3.63) is 0 Å². The van der Waals surface area contributed by atoms with E-state index in [1.807, 2.05) is 0 Å². The Bertz CT molecular complexity index is 179. The van der Waals surface area contributed by atoms with E-state index >= 15 is 0 Å². The lowest BCUT2D eigenvalue weighted by Gasteiger charge is -2.15. The van der Waals surface area contributed by atoms with Crippen LogP contribution in [-0.4, -0.2) is 48.2 Å². The Hall–Kier alpha value is -0.610. The number of nitrogens with zero attached hydrogens (tertiary/aromatic N) is 1. The van der Waals surface area contributed by atoms with Crippen LogP contribution in [0.25, 0.3) is 0 Å². The number of carboxylic acid groups (broad SMARTS) is 1. The second-order valence-corrected chi connectivity index (χ2v) is 3.92. The monoisotopic (exact) mass is 200 g/mol. The first kappa shape index (κ1) is 11.5. The molecule has 0 radical (unpaired) electrons. The SMILES string of the molecule is CC(NCCCN1CCCC1)C(=O)O. The number of hydrogen-bond donors (Lipinski definition) is 2. The zero-order valence-electron chi connectivity index (χ0n) is 8.83. The van der Waals surface area contributed by atoms with Crippen LogP contribution in [0.4, 0.5) is 0 Å². The van der Waals surface area contributed by atoms with E-state index < -0.39 is 12.0 Å². The van der Waals surface area contributed by atoms with Gasteiger partial charge in [-0.1, -0.05) is 0 Å². The predicted octanol–water partition coefficient (Wildman–Crippen LogP) is 0.535. The van der Waals surface area contributed by atoms with Crippen molar-refractivity contribution in [2.45, 2.75) is 32.2 Å². The van der Waals surface area contributed by atoms with Gasteiger partial charge in [0.1, 0.15) is 6.04 Å². The standard InChI is InChI=1S/C10H20N2O2/c1-9(10(13)14)11-5-4-8-12-6-2-3-7-12/h9,11H,2-8H2,1H3,(H,13,14). The van der Waals surface area contributed by atoms with E-state index in [4.69, 9.17) is 5.11 Å². The second kappa shape index (κ2) is 5.98. The Labute approximate surface area is 85.3 Å². The highest BCUT2D eigenvalue weighted by molar-refractivity contribution is 5.72. The average Bonchev–Trinajstić information content (AvgIpc) is 2.64. The molecule has 1 heterocycles. The summed E-state index contributed by atoms with van der Waals surface area (Å²) in [6.45, 7) is 6.00.